The van der Waals surface area contributed by atoms with E-state index in [1.54, 1.807) is 12.1 Å². The molecular weight excluding hydrogens is 202 g/mol. The van der Waals surface area contributed by atoms with Crippen molar-refractivity contribution in [2.24, 2.45) is 0 Å². The number of pyridine rings is 1. The summed E-state index contributed by atoms with van der Waals surface area (Å²) >= 11 is 0. The van der Waals surface area contributed by atoms with Gasteiger partial charge >= 0.3 is 6.55 Å². The molecule has 15 heavy (non-hydrogen) atoms. The number of ketones is 1. The number of halogens is 2. The van der Waals surface area contributed by atoms with Gasteiger partial charge in [-0.3, -0.25) is 9.36 Å². The van der Waals surface area contributed by atoms with E-state index in [4.69, 9.17) is 0 Å². The van der Waals surface area contributed by atoms with Crippen LogP contribution in [0.2, 0.25) is 0 Å². The predicted molar refractivity (Wildman–Crippen MR) is 51.0 cm³/mol. The first-order valence-corrected chi connectivity index (χ1v) is 4.36. The first-order valence-electron chi connectivity index (χ1n) is 4.36. The highest BCUT2D eigenvalue weighted by molar-refractivity contribution is 6.06. The molecule has 0 aromatic carbocycles. The van der Waals surface area contributed by atoms with Gasteiger partial charge in [-0.05, 0) is 19.1 Å². The van der Waals surface area contributed by atoms with Crippen molar-refractivity contribution in [1.82, 2.24) is 9.55 Å². The van der Waals surface area contributed by atoms with E-state index in [2.05, 4.69) is 4.98 Å². The molecule has 0 fully saturated rings. The van der Waals surface area contributed by atoms with Gasteiger partial charge in [0.05, 0.1) is 0 Å². The van der Waals surface area contributed by atoms with Gasteiger partial charge in [-0.2, -0.15) is 8.78 Å². The van der Waals surface area contributed by atoms with E-state index in [0.29, 0.717) is 9.95 Å². The second-order valence-corrected chi connectivity index (χ2v) is 3.16. The third-order valence-electron chi connectivity index (χ3n) is 2.18. The molecule has 0 aliphatic carbocycles. The summed E-state index contributed by atoms with van der Waals surface area (Å²) in [4.78, 5) is 15.0. The zero-order valence-corrected chi connectivity index (χ0v) is 7.95. The number of rotatable bonds is 2. The summed E-state index contributed by atoms with van der Waals surface area (Å²) in [5, 5.41) is 0.463. The van der Waals surface area contributed by atoms with Crippen LogP contribution in [0.15, 0.2) is 24.5 Å². The maximum Gasteiger partial charge on any atom is 0.320 e. The van der Waals surface area contributed by atoms with Crippen molar-refractivity contribution in [3.8, 4) is 0 Å². The van der Waals surface area contributed by atoms with E-state index in [1.165, 1.54) is 13.1 Å². The van der Waals surface area contributed by atoms with E-state index in [-0.39, 0.29) is 17.0 Å². The number of carbonyl (C=O) groups excluding carboxylic acids is 1. The lowest BCUT2D eigenvalue weighted by Gasteiger charge is -2.00. The van der Waals surface area contributed by atoms with Gasteiger partial charge in [-0.15, -0.1) is 0 Å². The topological polar surface area (TPSA) is 34.9 Å². The highest BCUT2D eigenvalue weighted by atomic mass is 19.3. The Bertz CT molecular complexity index is 519. The maximum absolute atomic E-state index is 12.6. The molecule has 0 saturated heterocycles. The van der Waals surface area contributed by atoms with E-state index >= 15 is 0 Å². The molecule has 0 unspecified atom stereocenters. The molecule has 0 aliphatic heterocycles. The Morgan fingerprint density at radius 3 is 2.87 bits per heavy atom. The van der Waals surface area contributed by atoms with Crippen molar-refractivity contribution >= 4 is 16.8 Å². The summed E-state index contributed by atoms with van der Waals surface area (Å²) in [6.45, 7) is -1.34. The number of Topliss-reactive ketones (excluding diaryl/α,β-unsaturated/α-hetero) is 1. The molecule has 0 N–H and O–H groups in total. The third-order valence-corrected chi connectivity index (χ3v) is 2.18. The van der Waals surface area contributed by atoms with E-state index < -0.39 is 6.55 Å². The first kappa shape index (κ1) is 9.76. The van der Waals surface area contributed by atoms with Crippen molar-refractivity contribution in [1.29, 1.82) is 0 Å². The monoisotopic (exact) mass is 210 g/mol. The zero-order valence-electron chi connectivity index (χ0n) is 7.95. The smallest absolute Gasteiger partial charge is 0.294 e. The van der Waals surface area contributed by atoms with Crippen LogP contribution in [-0.2, 0) is 0 Å². The van der Waals surface area contributed by atoms with Crippen LogP contribution in [0, 0.1) is 0 Å². The molecule has 78 valence electrons. The molecule has 0 aliphatic rings. The lowest BCUT2D eigenvalue weighted by molar-refractivity contribution is 0.0744. The van der Waals surface area contributed by atoms with Crippen LogP contribution in [-0.4, -0.2) is 15.3 Å². The second-order valence-electron chi connectivity index (χ2n) is 3.16. The third kappa shape index (κ3) is 1.49. The van der Waals surface area contributed by atoms with Gasteiger partial charge < -0.3 is 0 Å². The Hall–Kier alpha value is -1.78. The van der Waals surface area contributed by atoms with Gasteiger partial charge in [0, 0.05) is 23.3 Å². The van der Waals surface area contributed by atoms with Crippen molar-refractivity contribution in [2.75, 3.05) is 0 Å². The summed E-state index contributed by atoms with van der Waals surface area (Å²) in [5.41, 5.74) is 0.413. The minimum absolute atomic E-state index is 0.137. The summed E-state index contributed by atoms with van der Waals surface area (Å²) in [6, 6.07) is 3.22. The first-order chi connectivity index (χ1) is 7.11. The van der Waals surface area contributed by atoms with Gasteiger partial charge in [-0.1, -0.05) is 0 Å². The number of carbonyl (C=O) groups is 1. The fraction of sp³-hybridized carbons (Fsp3) is 0.200. The van der Waals surface area contributed by atoms with Gasteiger partial charge in [0.2, 0.25) is 0 Å². The normalized spacial score (nSPS) is 11.2. The lowest BCUT2D eigenvalue weighted by atomic mass is 10.2. The van der Waals surface area contributed by atoms with Crippen LogP contribution in [0.25, 0.3) is 11.0 Å². The predicted octanol–water partition coefficient (Wildman–Crippen LogP) is 2.63. The molecule has 2 heterocycles. The van der Waals surface area contributed by atoms with Gasteiger partial charge in [-0.25, -0.2) is 4.98 Å². The molecule has 2 aromatic rings. The van der Waals surface area contributed by atoms with E-state index in [9.17, 15) is 13.6 Å². The van der Waals surface area contributed by atoms with Gasteiger partial charge in [0.15, 0.2) is 5.78 Å². The average molecular weight is 210 g/mol. The molecule has 3 nitrogen and oxygen atoms in total. The minimum Gasteiger partial charge on any atom is -0.294 e. The van der Waals surface area contributed by atoms with Crippen molar-refractivity contribution in [3.05, 3.63) is 30.1 Å². The molecule has 2 aromatic heterocycles. The Balaban J connectivity index is 2.79. The molecule has 2 rings (SSSR count). The molecule has 0 saturated carbocycles. The SMILES string of the molecule is CC(=O)c1cn(C(F)F)c2ncccc12. The van der Waals surface area contributed by atoms with Crippen LogP contribution in [0.3, 0.4) is 0 Å². The Labute approximate surface area is 84.3 Å². The van der Waals surface area contributed by atoms with Crippen molar-refractivity contribution in [3.63, 3.8) is 0 Å². The average Bonchev–Trinajstić information content (AvgIpc) is 2.56. The van der Waals surface area contributed by atoms with Crippen molar-refractivity contribution in [2.45, 2.75) is 13.5 Å². The summed E-state index contributed by atoms with van der Waals surface area (Å²) in [7, 11) is 0. The lowest BCUT2D eigenvalue weighted by Crippen LogP contribution is -1.96. The molecule has 0 spiro atoms. The largest absolute Gasteiger partial charge is 0.320 e. The number of alkyl halides is 2. The Morgan fingerprint density at radius 2 is 2.27 bits per heavy atom. The fourth-order valence-electron chi connectivity index (χ4n) is 1.51. The molecule has 0 amide bonds. The van der Waals surface area contributed by atoms with Crippen LogP contribution in [0.4, 0.5) is 8.78 Å². The van der Waals surface area contributed by atoms with Crippen LogP contribution < -0.4 is 0 Å². The number of aromatic nitrogens is 2. The summed E-state index contributed by atoms with van der Waals surface area (Å²) in [6.07, 6.45) is 2.57. The molecule has 0 radical (unpaired) electrons. The zero-order chi connectivity index (χ0) is 11.0. The van der Waals surface area contributed by atoms with Gasteiger partial charge in [0.25, 0.3) is 0 Å². The number of hydrogen-bond donors (Lipinski definition) is 0. The highest BCUT2D eigenvalue weighted by Gasteiger charge is 2.16. The Kier molecular flexibility index (Phi) is 2.22. The maximum atomic E-state index is 12.6. The van der Waals surface area contributed by atoms with Crippen LogP contribution in [0.1, 0.15) is 23.8 Å². The molecule has 0 atom stereocenters. The van der Waals surface area contributed by atoms with E-state index in [0.717, 1.165) is 6.20 Å². The standard InChI is InChI=1S/C10H8F2N2O/c1-6(15)8-5-14(10(11)12)9-7(8)3-2-4-13-9/h2-5,10H,1H3. The fourth-order valence-corrected chi connectivity index (χ4v) is 1.51. The summed E-state index contributed by atoms with van der Waals surface area (Å²) in [5.74, 6) is -0.243. The number of fused-ring (bicyclic) bond motifs is 1. The number of nitrogens with zero attached hydrogens (tertiary/aromatic N) is 2. The molecular formula is C10H8F2N2O. The number of hydrogen-bond acceptors (Lipinski definition) is 2. The van der Waals surface area contributed by atoms with Crippen molar-refractivity contribution < 1.29 is 13.6 Å². The van der Waals surface area contributed by atoms with Gasteiger partial charge in [0.1, 0.15) is 5.65 Å². The van der Waals surface area contributed by atoms with E-state index in [1.807, 2.05) is 0 Å². The summed E-state index contributed by atoms with van der Waals surface area (Å²) < 4.78 is 25.9. The Morgan fingerprint density at radius 1 is 1.53 bits per heavy atom. The quantitative estimate of drug-likeness (QED) is 0.714. The molecule has 0 bridgehead atoms. The highest BCUT2D eigenvalue weighted by Crippen LogP contribution is 2.24. The van der Waals surface area contributed by atoms with Crippen LogP contribution in [0.5, 0.6) is 0 Å². The van der Waals surface area contributed by atoms with Crippen LogP contribution >= 0.6 is 0 Å². The molecule has 5 heteroatoms. The second kappa shape index (κ2) is 3.42. The minimum atomic E-state index is -2.68.